The number of benzene rings is 2. The largest absolute Gasteiger partial charge is 0.496 e. The van der Waals surface area contributed by atoms with Crippen molar-refractivity contribution in [3.63, 3.8) is 0 Å². The van der Waals surface area contributed by atoms with Crippen molar-refractivity contribution in [2.45, 2.75) is 19.0 Å². The van der Waals surface area contributed by atoms with Crippen molar-refractivity contribution in [2.75, 3.05) is 23.5 Å². The van der Waals surface area contributed by atoms with Gasteiger partial charge in [-0.2, -0.15) is 18.4 Å². The molecule has 1 unspecified atom stereocenters. The summed E-state index contributed by atoms with van der Waals surface area (Å²) in [6.45, 7) is 1.51. The van der Waals surface area contributed by atoms with Gasteiger partial charge in [0.25, 0.3) is 11.6 Å². The van der Waals surface area contributed by atoms with Crippen LogP contribution in [0.4, 0.5) is 30.2 Å². The predicted octanol–water partition coefficient (Wildman–Crippen LogP) is 6.58. The molecule has 4 rings (SSSR count). The van der Waals surface area contributed by atoms with Gasteiger partial charge in [-0.1, -0.05) is 23.4 Å². The van der Waals surface area contributed by atoms with E-state index in [1.165, 1.54) is 44.6 Å². The molecule has 0 fully saturated rings. The fourth-order valence-electron chi connectivity index (χ4n) is 4.27. The molecular weight excluding hydrogens is 627 g/mol. The van der Waals surface area contributed by atoms with Gasteiger partial charge in [0.15, 0.2) is 0 Å². The number of nitrogens with one attached hydrogen (secondary N) is 3. The average molecular weight is 648 g/mol. The maximum absolute atomic E-state index is 13.5. The van der Waals surface area contributed by atoms with Gasteiger partial charge in [-0.3, -0.25) is 19.7 Å². The Balaban J connectivity index is 1.60. The molecule has 2 amide bonds. The number of methoxy groups -OCH3 is 1. The molecule has 1 aliphatic heterocycles. The van der Waals surface area contributed by atoms with Gasteiger partial charge in [0.1, 0.15) is 17.2 Å². The van der Waals surface area contributed by atoms with Crippen LogP contribution in [0.3, 0.4) is 0 Å². The maximum atomic E-state index is 13.5. The third kappa shape index (κ3) is 6.99. The van der Waals surface area contributed by atoms with Crippen LogP contribution >= 0.6 is 23.4 Å². The first kappa shape index (κ1) is 32.0. The van der Waals surface area contributed by atoms with Crippen molar-refractivity contribution in [1.82, 2.24) is 5.32 Å². The second-order valence-corrected chi connectivity index (χ2v) is 10.5. The summed E-state index contributed by atoms with van der Waals surface area (Å²) >= 11 is 6.97. The zero-order valence-electron chi connectivity index (χ0n) is 22.7. The minimum absolute atomic E-state index is 0.0148. The standard InChI is InChI=1S/C28H21ClF3N5O6S/c1-14-24(26(39)36-20-10-15(28(30,31)32)5-7-18(20)29)25(22-4-3-9-43-22)17(12-33)27(34-14)44-13-23(38)35-19-8-6-16(42-2)11-21(19)37(40)41/h3-11,25,34H,13H2,1-2H3,(H,35,38)(H,36,39). The first-order valence-electron chi connectivity index (χ1n) is 12.4. The van der Waals surface area contributed by atoms with Crippen LogP contribution in [0.25, 0.3) is 0 Å². The van der Waals surface area contributed by atoms with Gasteiger partial charge < -0.3 is 25.1 Å². The number of nitrogens with zero attached hydrogens (tertiary/aromatic N) is 2. The summed E-state index contributed by atoms with van der Waals surface area (Å²) in [5.41, 5.74) is -1.60. The summed E-state index contributed by atoms with van der Waals surface area (Å²) in [5, 5.41) is 29.4. The van der Waals surface area contributed by atoms with E-state index in [1.807, 2.05) is 6.07 Å². The van der Waals surface area contributed by atoms with E-state index in [0.29, 0.717) is 6.07 Å². The fourth-order valence-corrected chi connectivity index (χ4v) is 5.33. The van der Waals surface area contributed by atoms with Crippen molar-refractivity contribution in [3.8, 4) is 11.8 Å². The minimum atomic E-state index is -4.68. The lowest BCUT2D eigenvalue weighted by atomic mass is 9.85. The van der Waals surface area contributed by atoms with Crippen LogP contribution < -0.4 is 20.7 Å². The molecule has 3 aromatic rings. The highest BCUT2D eigenvalue weighted by Crippen LogP contribution is 2.42. The summed E-state index contributed by atoms with van der Waals surface area (Å²) in [6.07, 6.45) is -3.36. The fraction of sp³-hybridized carbons (Fsp3) is 0.179. The summed E-state index contributed by atoms with van der Waals surface area (Å²) in [5.74, 6) is -2.47. The number of ether oxygens (including phenoxy) is 1. The van der Waals surface area contributed by atoms with E-state index in [2.05, 4.69) is 16.0 Å². The average Bonchev–Trinajstić information content (AvgIpc) is 3.51. The molecular formula is C28H21ClF3N5O6S. The molecule has 2 aromatic carbocycles. The lowest BCUT2D eigenvalue weighted by molar-refractivity contribution is -0.384. The Labute approximate surface area is 256 Å². The molecule has 44 heavy (non-hydrogen) atoms. The molecule has 0 saturated carbocycles. The Morgan fingerprint density at radius 1 is 1.20 bits per heavy atom. The van der Waals surface area contributed by atoms with Gasteiger partial charge in [0.05, 0.1) is 74.6 Å². The Morgan fingerprint density at radius 3 is 2.57 bits per heavy atom. The van der Waals surface area contributed by atoms with E-state index >= 15 is 0 Å². The van der Waals surface area contributed by atoms with Gasteiger partial charge in [-0.25, -0.2) is 0 Å². The number of amides is 2. The number of rotatable bonds is 9. The summed E-state index contributed by atoms with van der Waals surface area (Å²) < 4.78 is 50.4. The Kier molecular flexibility index (Phi) is 9.56. The predicted molar refractivity (Wildman–Crippen MR) is 156 cm³/mol. The van der Waals surface area contributed by atoms with Crippen molar-refractivity contribution in [2.24, 2.45) is 0 Å². The summed E-state index contributed by atoms with van der Waals surface area (Å²) in [7, 11) is 1.34. The number of allylic oxidation sites excluding steroid dienone is 2. The molecule has 16 heteroatoms. The number of nitro benzene ring substituents is 1. The van der Waals surface area contributed by atoms with Crippen LogP contribution in [0, 0.1) is 21.4 Å². The molecule has 1 atom stereocenters. The number of nitriles is 1. The number of carbonyl (C=O) groups is 2. The number of dihydropyridines is 1. The van der Waals surface area contributed by atoms with E-state index in [0.717, 1.165) is 30.0 Å². The van der Waals surface area contributed by atoms with Crippen LogP contribution in [-0.2, 0) is 15.8 Å². The third-order valence-corrected chi connectivity index (χ3v) is 7.63. The molecule has 11 nitrogen and oxygen atoms in total. The van der Waals surface area contributed by atoms with Gasteiger partial charge in [-0.15, -0.1) is 0 Å². The quantitative estimate of drug-likeness (QED) is 0.172. The van der Waals surface area contributed by atoms with E-state index in [1.54, 1.807) is 0 Å². The lowest BCUT2D eigenvalue weighted by Gasteiger charge is -2.28. The second kappa shape index (κ2) is 13.1. The molecule has 0 bridgehead atoms. The molecule has 0 aliphatic carbocycles. The molecule has 1 aliphatic rings. The topological polar surface area (TPSA) is 160 Å². The normalized spacial score (nSPS) is 14.9. The summed E-state index contributed by atoms with van der Waals surface area (Å²) in [6, 6.07) is 11.5. The van der Waals surface area contributed by atoms with Gasteiger partial charge in [-0.05, 0) is 49.4 Å². The number of furan rings is 1. The number of halogens is 4. The monoisotopic (exact) mass is 647 g/mol. The molecule has 0 saturated heterocycles. The van der Waals surface area contributed by atoms with E-state index in [9.17, 15) is 38.1 Å². The van der Waals surface area contributed by atoms with Crippen LogP contribution in [0.1, 0.15) is 24.2 Å². The Morgan fingerprint density at radius 2 is 1.95 bits per heavy atom. The van der Waals surface area contributed by atoms with Crippen LogP contribution in [-0.4, -0.2) is 29.6 Å². The maximum Gasteiger partial charge on any atom is 0.416 e. The highest BCUT2D eigenvalue weighted by atomic mass is 35.5. The van der Waals surface area contributed by atoms with Crippen LogP contribution in [0.2, 0.25) is 5.02 Å². The Bertz CT molecular complexity index is 1730. The van der Waals surface area contributed by atoms with Crippen molar-refractivity contribution in [3.05, 3.63) is 103 Å². The first-order valence-corrected chi connectivity index (χ1v) is 13.8. The Hall–Kier alpha value is -4.94. The third-order valence-electron chi connectivity index (χ3n) is 6.28. The van der Waals surface area contributed by atoms with Crippen LogP contribution in [0.5, 0.6) is 5.75 Å². The van der Waals surface area contributed by atoms with Gasteiger partial charge in [0.2, 0.25) is 5.91 Å². The number of alkyl halides is 3. The molecule has 0 radical (unpaired) electrons. The molecule has 228 valence electrons. The second-order valence-electron chi connectivity index (χ2n) is 9.09. The van der Waals surface area contributed by atoms with Crippen LogP contribution in [0.15, 0.2) is 81.1 Å². The van der Waals surface area contributed by atoms with Crippen molar-refractivity contribution in [1.29, 1.82) is 5.26 Å². The number of carbonyl (C=O) groups excluding carboxylic acids is 2. The van der Waals surface area contributed by atoms with Crippen molar-refractivity contribution < 1.29 is 36.8 Å². The number of anilines is 2. The van der Waals surface area contributed by atoms with E-state index in [4.69, 9.17) is 20.8 Å². The SMILES string of the molecule is COc1ccc(NC(=O)CSC2=C(C#N)C(c3ccco3)C(C(=O)Nc3cc(C(F)(F)F)ccc3Cl)=C(C)N2)c([N+](=O)[O-])c1. The number of hydrogen-bond donors (Lipinski definition) is 3. The van der Waals surface area contributed by atoms with E-state index in [-0.39, 0.29) is 61.2 Å². The molecule has 3 N–H and O–H groups in total. The summed E-state index contributed by atoms with van der Waals surface area (Å²) in [4.78, 5) is 37.1. The molecule has 1 aromatic heterocycles. The smallest absolute Gasteiger partial charge is 0.416 e. The first-order chi connectivity index (χ1) is 20.8. The van der Waals surface area contributed by atoms with Gasteiger partial charge >= 0.3 is 6.18 Å². The highest BCUT2D eigenvalue weighted by molar-refractivity contribution is 8.03. The van der Waals surface area contributed by atoms with Crippen molar-refractivity contribution >= 4 is 52.2 Å². The number of thioether (sulfide) groups is 1. The highest BCUT2D eigenvalue weighted by Gasteiger charge is 2.37. The number of hydrogen-bond acceptors (Lipinski definition) is 9. The lowest BCUT2D eigenvalue weighted by Crippen LogP contribution is -2.31. The zero-order chi connectivity index (χ0) is 32.2. The zero-order valence-corrected chi connectivity index (χ0v) is 24.3. The van der Waals surface area contributed by atoms with Gasteiger partial charge in [0, 0.05) is 5.70 Å². The molecule has 2 heterocycles. The van der Waals surface area contributed by atoms with E-state index < -0.39 is 34.4 Å². The minimum Gasteiger partial charge on any atom is -0.496 e. The molecule has 0 spiro atoms. The number of nitro groups is 1.